The Balaban J connectivity index is 2.30. The smallest absolute Gasteiger partial charge is 0.241 e. The number of nitrogens with one attached hydrogen (secondary N) is 1. The van der Waals surface area contributed by atoms with Crippen LogP contribution in [0, 0.1) is 0 Å². The molecule has 1 unspecified atom stereocenters. The number of amides is 1. The van der Waals surface area contributed by atoms with Crippen LogP contribution >= 0.6 is 0 Å². The molecule has 16 heavy (non-hydrogen) atoms. The van der Waals surface area contributed by atoms with Gasteiger partial charge in [-0.3, -0.25) is 4.79 Å². The molecule has 1 aromatic rings. The first-order valence-electron chi connectivity index (χ1n) is 5.23. The number of nitrogens with zero attached hydrogens (tertiary/aromatic N) is 4. The first kappa shape index (κ1) is 12.6. The molecule has 0 aromatic carbocycles. The van der Waals surface area contributed by atoms with Crippen molar-refractivity contribution in [1.82, 2.24) is 25.5 Å². The van der Waals surface area contributed by atoms with Gasteiger partial charge in [0.05, 0.1) is 5.60 Å². The van der Waals surface area contributed by atoms with Crippen LogP contribution in [-0.4, -0.2) is 43.4 Å². The normalized spacial score (nSPS) is 14.4. The summed E-state index contributed by atoms with van der Waals surface area (Å²) in [5.74, 6) is -0.219. The lowest BCUT2D eigenvalue weighted by Gasteiger charge is -2.22. The van der Waals surface area contributed by atoms with Gasteiger partial charge < -0.3 is 10.4 Å². The summed E-state index contributed by atoms with van der Waals surface area (Å²) in [5.41, 5.74) is -0.856. The Bertz CT molecular complexity index is 323. The van der Waals surface area contributed by atoms with E-state index in [0.717, 1.165) is 6.42 Å². The maximum absolute atomic E-state index is 11.4. The number of carbonyl (C=O) groups excluding carboxylic acids is 1. The summed E-state index contributed by atoms with van der Waals surface area (Å²) in [6, 6.07) is 0. The summed E-state index contributed by atoms with van der Waals surface area (Å²) < 4.78 is 1.32. The Labute approximate surface area is 93.8 Å². The van der Waals surface area contributed by atoms with Gasteiger partial charge in [-0.1, -0.05) is 13.3 Å². The molecule has 1 rings (SSSR count). The Morgan fingerprint density at radius 1 is 1.62 bits per heavy atom. The largest absolute Gasteiger partial charge is 0.388 e. The molecule has 0 saturated carbocycles. The second-order valence-electron chi connectivity index (χ2n) is 4.03. The minimum atomic E-state index is -0.856. The molecule has 1 aromatic heterocycles. The van der Waals surface area contributed by atoms with E-state index in [1.165, 1.54) is 11.0 Å². The Morgan fingerprint density at radius 3 is 2.94 bits per heavy atom. The number of hydrogen-bond acceptors (Lipinski definition) is 5. The molecule has 0 saturated heterocycles. The fraction of sp³-hybridized carbons (Fsp3) is 0.778. The zero-order chi connectivity index (χ0) is 12.0. The van der Waals surface area contributed by atoms with Crippen molar-refractivity contribution in [3.63, 3.8) is 0 Å². The Hall–Kier alpha value is -1.50. The maximum Gasteiger partial charge on any atom is 0.241 e. The van der Waals surface area contributed by atoms with Crippen molar-refractivity contribution in [1.29, 1.82) is 0 Å². The van der Waals surface area contributed by atoms with Gasteiger partial charge in [0, 0.05) is 6.54 Å². The molecule has 1 amide bonds. The van der Waals surface area contributed by atoms with Crippen molar-refractivity contribution < 1.29 is 9.90 Å². The van der Waals surface area contributed by atoms with Crippen LogP contribution in [0.1, 0.15) is 26.7 Å². The number of rotatable bonds is 6. The highest BCUT2D eigenvalue weighted by Crippen LogP contribution is 2.09. The second-order valence-corrected chi connectivity index (χ2v) is 4.03. The summed E-state index contributed by atoms with van der Waals surface area (Å²) in [6.45, 7) is 3.99. The second kappa shape index (κ2) is 5.55. The van der Waals surface area contributed by atoms with Crippen LogP contribution in [0.4, 0.5) is 0 Å². The van der Waals surface area contributed by atoms with Crippen molar-refractivity contribution in [2.24, 2.45) is 0 Å². The predicted octanol–water partition coefficient (Wildman–Crippen LogP) is -0.660. The quantitative estimate of drug-likeness (QED) is 0.673. The first-order chi connectivity index (χ1) is 7.53. The van der Waals surface area contributed by atoms with E-state index in [9.17, 15) is 9.90 Å². The molecule has 0 radical (unpaired) electrons. The molecule has 0 aliphatic heterocycles. The number of hydrogen-bond donors (Lipinski definition) is 2. The van der Waals surface area contributed by atoms with E-state index in [-0.39, 0.29) is 19.0 Å². The van der Waals surface area contributed by atoms with Crippen LogP contribution in [0.2, 0.25) is 0 Å². The van der Waals surface area contributed by atoms with Gasteiger partial charge in [0.15, 0.2) is 0 Å². The van der Waals surface area contributed by atoms with Gasteiger partial charge >= 0.3 is 0 Å². The van der Waals surface area contributed by atoms with E-state index in [2.05, 4.69) is 20.8 Å². The van der Waals surface area contributed by atoms with Crippen LogP contribution in [0.3, 0.4) is 0 Å². The van der Waals surface area contributed by atoms with E-state index >= 15 is 0 Å². The molecule has 0 bridgehead atoms. The summed E-state index contributed by atoms with van der Waals surface area (Å²) in [7, 11) is 0. The fourth-order valence-corrected chi connectivity index (χ4v) is 1.37. The third kappa shape index (κ3) is 4.35. The van der Waals surface area contributed by atoms with Gasteiger partial charge in [-0.25, -0.2) is 4.68 Å². The van der Waals surface area contributed by atoms with Crippen LogP contribution in [-0.2, 0) is 11.3 Å². The van der Waals surface area contributed by atoms with Crippen LogP contribution in [0.5, 0.6) is 0 Å². The van der Waals surface area contributed by atoms with Crippen molar-refractivity contribution in [3.05, 3.63) is 6.33 Å². The summed E-state index contributed by atoms with van der Waals surface area (Å²) in [6.07, 6.45) is 2.89. The van der Waals surface area contributed by atoms with Crippen LogP contribution < -0.4 is 5.32 Å². The molecule has 0 spiro atoms. The minimum Gasteiger partial charge on any atom is -0.388 e. The topological polar surface area (TPSA) is 92.9 Å². The van der Waals surface area contributed by atoms with Crippen molar-refractivity contribution in [2.75, 3.05) is 6.54 Å². The summed E-state index contributed by atoms with van der Waals surface area (Å²) in [5, 5.41) is 22.9. The molecule has 7 heteroatoms. The third-order valence-corrected chi connectivity index (χ3v) is 2.15. The zero-order valence-corrected chi connectivity index (χ0v) is 9.55. The average molecular weight is 227 g/mol. The molecule has 90 valence electrons. The molecular formula is C9H17N5O2. The van der Waals surface area contributed by atoms with Gasteiger partial charge in [-0.05, 0) is 23.8 Å². The fourth-order valence-electron chi connectivity index (χ4n) is 1.37. The molecule has 0 aliphatic carbocycles. The molecule has 1 heterocycles. The van der Waals surface area contributed by atoms with E-state index < -0.39 is 5.60 Å². The zero-order valence-electron chi connectivity index (χ0n) is 9.55. The highest BCUT2D eigenvalue weighted by atomic mass is 16.3. The lowest BCUT2D eigenvalue weighted by atomic mass is 10.0. The predicted molar refractivity (Wildman–Crippen MR) is 56.4 cm³/mol. The molecular weight excluding hydrogens is 210 g/mol. The Morgan fingerprint density at radius 2 is 2.38 bits per heavy atom. The summed E-state index contributed by atoms with van der Waals surface area (Å²) >= 11 is 0. The lowest BCUT2D eigenvalue weighted by molar-refractivity contribution is -0.123. The molecule has 7 nitrogen and oxygen atoms in total. The average Bonchev–Trinajstić information content (AvgIpc) is 2.68. The van der Waals surface area contributed by atoms with E-state index in [4.69, 9.17) is 0 Å². The van der Waals surface area contributed by atoms with Gasteiger partial charge in [0.2, 0.25) is 5.91 Å². The van der Waals surface area contributed by atoms with Crippen LogP contribution in [0.25, 0.3) is 0 Å². The van der Waals surface area contributed by atoms with E-state index in [1.54, 1.807) is 6.92 Å². The van der Waals surface area contributed by atoms with Crippen molar-refractivity contribution in [2.45, 2.75) is 38.8 Å². The number of aromatic nitrogens is 4. The van der Waals surface area contributed by atoms with Crippen molar-refractivity contribution >= 4 is 5.91 Å². The van der Waals surface area contributed by atoms with E-state index in [1.807, 2.05) is 6.92 Å². The highest BCUT2D eigenvalue weighted by Gasteiger charge is 2.19. The highest BCUT2D eigenvalue weighted by molar-refractivity contribution is 5.75. The van der Waals surface area contributed by atoms with Gasteiger partial charge in [0.1, 0.15) is 12.9 Å². The third-order valence-electron chi connectivity index (χ3n) is 2.15. The van der Waals surface area contributed by atoms with Gasteiger partial charge in [-0.2, -0.15) is 0 Å². The number of aliphatic hydroxyl groups is 1. The van der Waals surface area contributed by atoms with Gasteiger partial charge in [-0.15, -0.1) is 5.10 Å². The van der Waals surface area contributed by atoms with Gasteiger partial charge in [0.25, 0.3) is 0 Å². The van der Waals surface area contributed by atoms with Crippen LogP contribution in [0.15, 0.2) is 6.33 Å². The molecule has 0 aliphatic rings. The standard InChI is InChI=1S/C9H17N5O2/c1-3-4-9(2,16)6-10-8(15)5-14-7-11-12-13-14/h7,16H,3-6H2,1-2H3,(H,10,15). The summed E-state index contributed by atoms with van der Waals surface area (Å²) in [4.78, 5) is 11.4. The lowest BCUT2D eigenvalue weighted by Crippen LogP contribution is -2.41. The molecule has 1 atom stereocenters. The number of tetrazole rings is 1. The Kier molecular flexibility index (Phi) is 4.36. The first-order valence-corrected chi connectivity index (χ1v) is 5.23. The van der Waals surface area contributed by atoms with E-state index in [0.29, 0.717) is 6.42 Å². The minimum absolute atomic E-state index is 0.0647. The monoisotopic (exact) mass is 227 g/mol. The van der Waals surface area contributed by atoms with Crippen molar-refractivity contribution in [3.8, 4) is 0 Å². The SMILES string of the molecule is CCCC(C)(O)CNC(=O)Cn1cnnn1. The number of carbonyl (C=O) groups is 1. The maximum atomic E-state index is 11.4. The molecule has 2 N–H and O–H groups in total. The molecule has 0 fully saturated rings.